The predicted molar refractivity (Wildman–Crippen MR) is 163 cm³/mol. The number of hydrogen-bond acceptors (Lipinski definition) is 6. The van der Waals surface area contributed by atoms with Gasteiger partial charge in [-0.05, 0) is 78.6 Å². The van der Waals surface area contributed by atoms with E-state index in [-0.39, 0.29) is 0 Å². The smallest absolute Gasteiger partial charge is 0.416 e. The summed E-state index contributed by atoms with van der Waals surface area (Å²) in [5, 5.41) is 2.30. The van der Waals surface area contributed by atoms with E-state index < -0.39 is 12.1 Å². The Hall–Kier alpha value is -3.43. The fourth-order valence-corrected chi connectivity index (χ4v) is 6.03. The highest BCUT2D eigenvalue weighted by Gasteiger charge is 2.36. The van der Waals surface area contributed by atoms with E-state index in [1.54, 1.807) is 36.3 Å². The molecule has 8 nitrogen and oxygen atoms in total. The summed E-state index contributed by atoms with van der Waals surface area (Å²) in [5.41, 5.74) is 3.90. The molecule has 0 bridgehead atoms. The fourth-order valence-electron chi connectivity index (χ4n) is 5.73. The van der Waals surface area contributed by atoms with Crippen LogP contribution < -0.4 is 14.2 Å². The van der Waals surface area contributed by atoms with Gasteiger partial charge >= 0.3 is 6.09 Å². The van der Waals surface area contributed by atoms with Crippen LogP contribution in [0.4, 0.5) is 4.79 Å². The van der Waals surface area contributed by atoms with Crippen molar-refractivity contribution in [3.05, 3.63) is 87.5 Å². The lowest BCUT2D eigenvalue weighted by Crippen LogP contribution is -2.42. The third kappa shape index (κ3) is 6.17. The van der Waals surface area contributed by atoms with Crippen LogP contribution in [-0.2, 0) is 11.2 Å². The summed E-state index contributed by atoms with van der Waals surface area (Å²) >= 11 is 12.4. The van der Waals surface area contributed by atoms with Gasteiger partial charge in [0.2, 0.25) is 0 Å². The number of hydrogen-bond donors (Lipinski definition) is 1. The fraction of sp³-hybridized carbons (Fsp3) is 0.344. The summed E-state index contributed by atoms with van der Waals surface area (Å²) < 4.78 is 23.1. The summed E-state index contributed by atoms with van der Waals surface area (Å²) in [4.78, 5) is 21.3. The van der Waals surface area contributed by atoms with Gasteiger partial charge in [-0.2, -0.15) is 0 Å². The van der Waals surface area contributed by atoms with E-state index >= 15 is 0 Å². The Morgan fingerprint density at radius 3 is 2.55 bits per heavy atom. The summed E-state index contributed by atoms with van der Waals surface area (Å²) in [5.74, 6) is 1.70. The number of nitrogens with one attached hydrogen (secondary N) is 1. The normalized spacial score (nSPS) is 17.2. The van der Waals surface area contributed by atoms with Crippen LogP contribution in [0, 0.1) is 0 Å². The molecule has 2 aliphatic rings. The van der Waals surface area contributed by atoms with Gasteiger partial charge in [0.25, 0.3) is 0 Å². The Kier molecular flexibility index (Phi) is 8.76. The SMILES string of the molecule is COc1cc(C2c3[nH]c4ccc(Cl)cc4c3CCN2C(=O)Oc2ccc(Cl)cc2)ccc1OCCCN1CCOCC1. The Bertz CT molecular complexity index is 1550. The van der Waals surface area contributed by atoms with E-state index in [1.165, 1.54) is 0 Å². The quantitative estimate of drug-likeness (QED) is 0.223. The number of fused-ring (bicyclic) bond motifs is 3. The lowest BCUT2D eigenvalue weighted by molar-refractivity contribution is 0.0357. The second kappa shape index (κ2) is 12.8. The van der Waals surface area contributed by atoms with Crippen molar-refractivity contribution in [2.45, 2.75) is 18.9 Å². The minimum atomic E-state index is -0.452. The summed E-state index contributed by atoms with van der Waals surface area (Å²) in [6.07, 6.45) is 1.11. The molecule has 0 aliphatic carbocycles. The molecule has 1 aromatic heterocycles. The van der Waals surface area contributed by atoms with Gasteiger partial charge in [0.05, 0.1) is 26.9 Å². The number of benzene rings is 3. The topological polar surface area (TPSA) is 76.3 Å². The molecule has 3 heterocycles. The van der Waals surface area contributed by atoms with Gasteiger partial charge in [-0.15, -0.1) is 0 Å². The minimum absolute atomic E-state index is 0.427. The maximum Gasteiger partial charge on any atom is 0.416 e. The number of morpholine rings is 1. The third-order valence-electron chi connectivity index (χ3n) is 7.83. The number of ether oxygens (including phenoxy) is 4. The molecule has 3 aromatic carbocycles. The summed E-state index contributed by atoms with van der Waals surface area (Å²) in [7, 11) is 1.63. The zero-order valence-corrected chi connectivity index (χ0v) is 24.9. The van der Waals surface area contributed by atoms with Crippen molar-refractivity contribution in [3.63, 3.8) is 0 Å². The monoisotopic (exact) mass is 609 g/mol. The molecule has 1 amide bonds. The highest BCUT2D eigenvalue weighted by Crippen LogP contribution is 2.42. The third-order valence-corrected chi connectivity index (χ3v) is 8.31. The van der Waals surface area contributed by atoms with Crippen molar-refractivity contribution in [2.24, 2.45) is 0 Å². The maximum atomic E-state index is 13.6. The number of aromatic nitrogens is 1. The number of methoxy groups -OCH3 is 1. The molecule has 0 radical (unpaired) electrons. The van der Waals surface area contributed by atoms with Crippen molar-refractivity contribution >= 4 is 40.2 Å². The number of aromatic amines is 1. The first-order chi connectivity index (χ1) is 20.5. The molecular formula is C32H33Cl2N3O5. The molecule has 1 unspecified atom stereocenters. The van der Waals surface area contributed by atoms with Gasteiger partial charge in [0.1, 0.15) is 11.8 Å². The number of nitrogens with zero attached hydrogens (tertiary/aromatic N) is 2. The van der Waals surface area contributed by atoms with Crippen molar-refractivity contribution in [2.75, 3.05) is 53.1 Å². The van der Waals surface area contributed by atoms with Crippen molar-refractivity contribution < 1.29 is 23.7 Å². The lowest BCUT2D eigenvalue weighted by Gasteiger charge is -2.35. The van der Waals surface area contributed by atoms with Crippen LogP contribution in [0.2, 0.25) is 10.0 Å². The number of carbonyl (C=O) groups excluding carboxylic acids is 1. The Morgan fingerprint density at radius 2 is 1.76 bits per heavy atom. The van der Waals surface area contributed by atoms with E-state index in [2.05, 4.69) is 9.88 Å². The molecule has 1 atom stereocenters. The molecule has 1 saturated heterocycles. The molecule has 0 saturated carbocycles. The first-order valence-corrected chi connectivity index (χ1v) is 14.9. The average Bonchev–Trinajstić information content (AvgIpc) is 3.38. The minimum Gasteiger partial charge on any atom is -0.493 e. The number of carbonyl (C=O) groups is 1. The van der Waals surface area contributed by atoms with Crippen molar-refractivity contribution in [1.82, 2.24) is 14.8 Å². The molecule has 2 aliphatic heterocycles. The molecule has 42 heavy (non-hydrogen) atoms. The summed E-state index contributed by atoms with van der Waals surface area (Å²) in [6, 6.07) is 18.0. The predicted octanol–water partition coefficient (Wildman–Crippen LogP) is 6.73. The molecule has 1 N–H and O–H groups in total. The van der Waals surface area contributed by atoms with Gasteiger partial charge in [0, 0.05) is 52.8 Å². The Morgan fingerprint density at radius 1 is 0.976 bits per heavy atom. The van der Waals surface area contributed by atoms with Crippen LogP contribution in [-0.4, -0.2) is 74.0 Å². The lowest BCUT2D eigenvalue weighted by atomic mass is 9.92. The van der Waals surface area contributed by atoms with Crippen LogP contribution in [0.15, 0.2) is 60.7 Å². The standard InChI is InChI=1S/C32H33Cl2N3O5/c1-39-29-19-21(3-10-28(29)41-16-2-12-36-14-17-40-18-15-36)31-30-25(26-20-23(34)6-9-27(26)35-30)11-13-37(31)32(38)42-24-7-4-22(33)5-8-24/h3-10,19-20,31,35H,2,11-18H2,1H3. The largest absolute Gasteiger partial charge is 0.493 e. The molecule has 220 valence electrons. The van der Waals surface area contributed by atoms with Crippen molar-refractivity contribution in [1.29, 1.82) is 0 Å². The number of halogens is 2. The van der Waals surface area contributed by atoms with Crippen LogP contribution in [0.3, 0.4) is 0 Å². The van der Waals surface area contributed by atoms with Gasteiger partial charge < -0.3 is 23.9 Å². The van der Waals surface area contributed by atoms with E-state index in [0.29, 0.717) is 46.9 Å². The highest BCUT2D eigenvalue weighted by molar-refractivity contribution is 6.31. The van der Waals surface area contributed by atoms with E-state index in [0.717, 1.165) is 67.0 Å². The molecular weight excluding hydrogens is 577 g/mol. The number of amides is 1. The second-order valence-electron chi connectivity index (χ2n) is 10.4. The molecule has 0 spiro atoms. The Labute approximate surface area is 255 Å². The van der Waals surface area contributed by atoms with Crippen LogP contribution in [0.5, 0.6) is 17.2 Å². The first kappa shape index (κ1) is 28.7. The van der Waals surface area contributed by atoms with Gasteiger partial charge in [-0.25, -0.2) is 4.79 Å². The van der Waals surface area contributed by atoms with Crippen molar-refractivity contribution in [3.8, 4) is 17.2 Å². The molecule has 1 fully saturated rings. The zero-order chi connectivity index (χ0) is 29.1. The zero-order valence-electron chi connectivity index (χ0n) is 23.4. The van der Waals surface area contributed by atoms with E-state index in [1.807, 2.05) is 36.4 Å². The Balaban J connectivity index is 1.28. The first-order valence-electron chi connectivity index (χ1n) is 14.1. The van der Waals surface area contributed by atoms with E-state index in [4.69, 9.17) is 42.1 Å². The average molecular weight is 611 g/mol. The van der Waals surface area contributed by atoms with Crippen LogP contribution in [0.25, 0.3) is 10.9 Å². The van der Waals surface area contributed by atoms with Gasteiger partial charge in [0.15, 0.2) is 11.5 Å². The highest BCUT2D eigenvalue weighted by atomic mass is 35.5. The summed E-state index contributed by atoms with van der Waals surface area (Å²) in [6.45, 7) is 5.48. The molecule has 10 heteroatoms. The van der Waals surface area contributed by atoms with E-state index in [9.17, 15) is 4.79 Å². The maximum absolute atomic E-state index is 13.6. The van der Waals surface area contributed by atoms with Crippen LogP contribution >= 0.6 is 23.2 Å². The second-order valence-corrected chi connectivity index (χ2v) is 11.3. The number of rotatable bonds is 8. The van der Waals surface area contributed by atoms with Gasteiger partial charge in [-0.1, -0.05) is 29.3 Å². The molecule has 4 aromatic rings. The van der Waals surface area contributed by atoms with Crippen LogP contribution in [0.1, 0.15) is 29.3 Å². The van der Waals surface area contributed by atoms with Gasteiger partial charge in [-0.3, -0.25) is 9.80 Å². The number of H-pyrrole nitrogens is 1. The molecule has 6 rings (SSSR count).